The summed E-state index contributed by atoms with van der Waals surface area (Å²) in [4.78, 5) is 73.0. The van der Waals surface area contributed by atoms with Crippen molar-refractivity contribution in [1.29, 1.82) is 0 Å². The van der Waals surface area contributed by atoms with Crippen molar-refractivity contribution in [2.45, 2.75) is 329 Å². The van der Waals surface area contributed by atoms with Crippen molar-refractivity contribution in [3.05, 3.63) is 170 Å². The number of carbonyl (C=O) groups excluding carboxylic acids is 4. The van der Waals surface area contributed by atoms with Crippen molar-refractivity contribution in [2.75, 3.05) is 39.6 Å². The third-order valence-electron chi connectivity index (χ3n) is 16.7. The lowest BCUT2D eigenvalue weighted by molar-refractivity contribution is -0.161. The quantitative estimate of drug-likeness (QED) is 0.0169. The van der Waals surface area contributed by atoms with Gasteiger partial charge in [0, 0.05) is 19.3 Å². The van der Waals surface area contributed by atoms with Crippen molar-refractivity contribution >= 4 is 39.5 Å². The average molecular weight is 1550 g/mol. The number of unbranched alkanes of at least 4 members (excludes halogenated alkanes) is 23. The molecule has 0 aromatic heterocycles. The molecule has 0 fully saturated rings. The van der Waals surface area contributed by atoms with Crippen molar-refractivity contribution < 1.29 is 80.2 Å². The van der Waals surface area contributed by atoms with E-state index < -0.39 is 97.5 Å². The lowest BCUT2D eigenvalue weighted by Gasteiger charge is -2.21. The number of hydrogen-bond donors (Lipinski definition) is 3. The van der Waals surface area contributed by atoms with E-state index in [4.69, 9.17) is 37.0 Å². The third kappa shape index (κ3) is 78.5. The molecule has 0 saturated carbocycles. The monoisotopic (exact) mass is 1550 g/mol. The van der Waals surface area contributed by atoms with Gasteiger partial charge in [0.15, 0.2) is 12.2 Å². The largest absolute Gasteiger partial charge is 0.472 e. The van der Waals surface area contributed by atoms with E-state index in [9.17, 15) is 43.2 Å². The molecule has 0 bridgehead atoms. The van der Waals surface area contributed by atoms with Crippen molar-refractivity contribution in [2.24, 2.45) is 0 Å². The number of ether oxygens (including phenoxy) is 4. The first-order chi connectivity index (χ1) is 52.7. The second-order valence-corrected chi connectivity index (χ2v) is 29.9. The minimum Gasteiger partial charge on any atom is -0.462 e. The predicted molar refractivity (Wildman–Crippen MR) is 445 cm³/mol. The summed E-state index contributed by atoms with van der Waals surface area (Å²) in [7, 11) is -10.0. The van der Waals surface area contributed by atoms with Crippen LogP contribution in [0.25, 0.3) is 0 Å². The molecule has 0 saturated heterocycles. The molecule has 17 nitrogen and oxygen atoms in total. The van der Waals surface area contributed by atoms with E-state index in [1.807, 2.05) is 30.4 Å². The molecule has 0 aliphatic rings. The van der Waals surface area contributed by atoms with Crippen LogP contribution in [0.2, 0.25) is 0 Å². The molecule has 0 aliphatic heterocycles. The molecule has 0 aromatic carbocycles. The maximum atomic E-state index is 13.1. The number of esters is 4. The average Bonchev–Trinajstić information content (AvgIpc) is 0.923. The second-order valence-electron chi connectivity index (χ2n) is 27.0. The molecule has 0 spiro atoms. The lowest BCUT2D eigenvalue weighted by Crippen LogP contribution is -2.30. The van der Waals surface area contributed by atoms with Gasteiger partial charge >= 0.3 is 39.5 Å². The zero-order chi connectivity index (χ0) is 78.9. The van der Waals surface area contributed by atoms with Gasteiger partial charge in [-0.05, 0) is 128 Å². The van der Waals surface area contributed by atoms with Crippen LogP contribution < -0.4 is 0 Å². The van der Waals surface area contributed by atoms with Crippen LogP contribution in [0, 0.1) is 0 Å². The molecule has 5 atom stereocenters. The van der Waals surface area contributed by atoms with Crippen molar-refractivity contribution in [1.82, 2.24) is 0 Å². The molecular weight excluding hydrogens is 1400 g/mol. The Balaban J connectivity index is 5.50. The first-order valence-corrected chi connectivity index (χ1v) is 44.4. The van der Waals surface area contributed by atoms with E-state index in [2.05, 4.69) is 155 Å². The van der Waals surface area contributed by atoms with Gasteiger partial charge in [0.2, 0.25) is 0 Å². The molecule has 614 valence electrons. The maximum absolute atomic E-state index is 13.1. The van der Waals surface area contributed by atoms with E-state index in [0.29, 0.717) is 32.1 Å². The molecule has 0 heterocycles. The Kier molecular flexibility index (Phi) is 75.4. The first kappa shape index (κ1) is 102. The summed E-state index contributed by atoms with van der Waals surface area (Å²) < 4.78 is 68.5. The van der Waals surface area contributed by atoms with Crippen LogP contribution in [0.15, 0.2) is 170 Å². The van der Waals surface area contributed by atoms with Crippen LogP contribution in [-0.2, 0) is 65.4 Å². The number of aliphatic hydroxyl groups is 1. The molecule has 108 heavy (non-hydrogen) atoms. The fourth-order valence-electron chi connectivity index (χ4n) is 10.5. The Hall–Kier alpha value is -5.58. The number of phosphoric acid groups is 2. The Bertz CT molecular complexity index is 2710. The minimum atomic E-state index is -5.03. The fourth-order valence-corrected chi connectivity index (χ4v) is 12.1. The number of hydrogen-bond acceptors (Lipinski definition) is 15. The summed E-state index contributed by atoms with van der Waals surface area (Å²) in [5.41, 5.74) is 0. The highest BCUT2D eigenvalue weighted by Gasteiger charge is 2.30. The fraction of sp³-hybridized carbons (Fsp3) is 0.640. The zero-order valence-corrected chi connectivity index (χ0v) is 69.0. The van der Waals surface area contributed by atoms with Gasteiger partial charge in [-0.1, -0.05) is 326 Å². The van der Waals surface area contributed by atoms with Crippen LogP contribution >= 0.6 is 15.6 Å². The molecular formula is C89H146O17P2. The smallest absolute Gasteiger partial charge is 0.462 e. The molecule has 0 rings (SSSR count). The van der Waals surface area contributed by atoms with Gasteiger partial charge in [0.1, 0.15) is 19.3 Å². The lowest BCUT2D eigenvalue weighted by atomic mass is 10.0. The van der Waals surface area contributed by atoms with Gasteiger partial charge in [0.05, 0.1) is 32.8 Å². The number of phosphoric ester groups is 2. The summed E-state index contributed by atoms with van der Waals surface area (Å²) in [6.45, 7) is 4.42. The summed E-state index contributed by atoms with van der Waals surface area (Å²) >= 11 is 0. The van der Waals surface area contributed by atoms with Crippen LogP contribution in [0.5, 0.6) is 0 Å². The normalized spacial score (nSPS) is 14.7. The van der Waals surface area contributed by atoms with E-state index in [1.165, 1.54) is 83.5 Å². The van der Waals surface area contributed by atoms with E-state index >= 15 is 0 Å². The minimum absolute atomic E-state index is 0.0109. The van der Waals surface area contributed by atoms with Crippen molar-refractivity contribution in [3.63, 3.8) is 0 Å². The molecule has 0 amide bonds. The number of allylic oxidation sites excluding steroid dienone is 27. The zero-order valence-electron chi connectivity index (χ0n) is 67.2. The Morgan fingerprint density at radius 2 is 0.537 bits per heavy atom. The third-order valence-corrected chi connectivity index (χ3v) is 18.6. The van der Waals surface area contributed by atoms with Crippen molar-refractivity contribution in [3.8, 4) is 0 Å². The number of carbonyl (C=O) groups is 4. The van der Waals surface area contributed by atoms with Gasteiger partial charge < -0.3 is 33.8 Å². The van der Waals surface area contributed by atoms with Crippen LogP contribution in [0.4, 0.5) is 0 Å². The number of aliphatic hydroxyl groups excluding tert-OH is 1. The van der Waals surface area contributed by atoms with Crippen LogP contribution in [0.3, 0.4) is 0 Å². The predicted octanol–water partition coefficient (Wildman–Crippen LogP) is 24.6. The van der Waals surface area contributed by atoms with Gasteiger partial charge in [-0.3, -0.25) is 37.3 Å². The summed E-state index contributed by atoms with van der Waals surface area (Å²) in [5.74, 6) is -2.44. The highest BCUT2D eigenvalue weighted by Crippen LogP contribution is 2.45. The SMILES string of the molecule is CC/C=C\C/C=C\C/C=C\C/C=C\C/C=C\C/C=C\CCC(=O)OCC(COP(=O)(O)OCC(O)COP(=O)(O)OCC(COC(=O)CCCCCCCC/C=C\C/C=C\C/C=C\CCCCC)OC(=O)CCCCCCCCCCCCCCCCC)OC(=O)C/C=C\C/C=C\C/C=C\C/C=C\C/C=C\CC. The molecule has 3 N–H and O–H groups in total. The summed E-state index contributed by atoms with van der Waals surface area (Å²) in [6.07, 6.45) is 95.1. The highest BCUT2D eigenvalue weighted by molar-refractivity contribution is 7.47. The highest BCUT2D eigenvalue weighted by atomic mass is 31.2. The first-order valence-electron chi connectivity index (χ1n) is 41.4. The molecule has 19 heteroatoms. The topological polar surface area (TPSA) is 237 Å². The summed E-state index contributed by atoms with van der Waals surface area (Å²) in [6, 6.07) is 0. The van der Waals surface area contributed by atoms with Gasteiger partial charge in [-0.15, -0.1) is 0 Å². The van der Waals surface area contributed by atoms with Gasteiger partial charge in [-0.2, -0.15) is 0 Å². The Morgan fingerprint density at radius 1 is 0.278 bits per heavy atom. The second kappa shape index (κ2) is 79.5. The van der Waals surface area contributed by atoms with Crippen LogP contribution in [0.1, 0.15) is 310 Å². The molecule has 0 aromatic rings. The summed E-state index contributed by atoms with van der Waals surface area (Å²) in [5, 5.41) is 10.7. The van der Waals surface area contributed by atoms with E-state index in [0.717, 1.165) is 141 Å². The maximum Gasteiger partial charge on any atom is 0.472 e. The van der Waals surface area contributed by atoms with E-state index in [1.54, 1.807) is 12.2 Å². The molecule has 5 unspecified atom stereocenters. The number of rotatable bonds is 76. The Labute approximate surface area is 654 Å². The van der Waals surface area contributed by atoms with E-state index in [-0.39, 0.29) is 25.7 Å². The van der Waals surface area contributed by atoms with Gasteiger partial charge in [0.25, 0.3) is 0 Å². The Morgan fingerprint density at radius 3 is 0.898 bits per heavy atom. The van der Waals surface area contributed by atoms with Crippen LogP contribution in [-0.4, -0.2) is 96.7 Å². The standard InChI is InChI=1S/C89H146O17P2/c1-5-9-13-17-21-25-29-33-37-39-41-43-47-49-53-57-61-65-69-73-86(91)99-79-84(105-88(93)75-71-67-63-59-55-51-45-35-31-27-23-19-15-11-7-3)81-103-107(95,96)101-77-83(90)78-102-108(97,98)104-82-85(106-89(94)76-72-68-64-60-56-52-46-36-32-28-24-20-16-12-8-4)80-100-87(92)74-70-66-62-58-54-50-48-44-42-40-38-34-30-26-22-18-14-10-6-2/h9,11,13,15,21-23,25-27,33-35,37-38,41-45,49,53,55,59,61,65,67,71,83-85,90H,5-8,10,12,14,16-20,24,28-32,36,39-40,46-48,50-52,54,56-58,60,62-64,66,68-70,72-82H2,1-4H3,(H,95,96)(H,97,98)/b13-9-,15-11-,25-21-,26-22-,27-23-,37-33-,38-34-,43-41-,44-42-,45-35-,53-49-,59-55-,65-61-,71-67-. The van der Waals surface area contributed by atoms with Gasteiger partial charge in [-0.25, -0.2) is 9.13 Å². The molecule has 0 aliphatic carbocycles. The molecule has 0 radical (unpaired) electrons.